The Bertz CT molecular complexity index is 442. The van der Waals surface area contributed by atoms with Gasteiger partial charge in [-0.2, -0.15) is 11.3 Å². The minimum absolute atomic E-state index is 0.180. The summed E-state index contributed by atoms with van der Waals surface area (Å²) in [6.07, 6.45) is 0. The van der Waals surface area contributed by atoms with E-state index < -0.39 is 0 Å². The van der Waals surface area contributed by atoms with Crippen molar-refractivity contribution in [2.24, 2.45) is 0 Å². The summed E-state index contributed by atoms with van der Waals surface area (Å²) in [4.78, 5) is 0. The second-order valence-electron chi connectivity index (χ2n) is 3.10. The SMILES string of the molecule is Fc1ccc(Br)cc1CNc1ccsc1. The van der Waals surface area contributed by atoms with Crippen LogP contribution >= 0.6 is 27.3 Å². The summed E-state index contributed by atoms with van der Waals surface area (Å²) in [6.45, 7) is 0.502. The summed E-state index contributed by atoms with van der Waals surface area (Å²) >= 11 is 4.94. The van der Waals surface area contributed by atoms with Gasteiger partial charge in [0.25, 0.3) is 0 Å². The van der Waals surface area contributed by atoms with Gasteiger partial charge in [0.05, 0.1) is 0 Å². The Morgan fingerprint density at radius 1 is 1.33 bits per heavy atom. The summed E-state index contributed by atoms with van der Waals surface area (Å²) < 4.78 is 14.2. The Morgan fingerprint density at radius 2 is 2.20 bits per heavy atom. The molecule has 0 aliphatic heterocycles. The normalized spacial score (nSPS) is 10.3. The monoisotopic (exact) mass is 285 g/mol. The van der Waals surface area contributed by atoms with E-state index in [9.17, 15) is 4.39 Å². The largest absolute Gasteiger partial charge is 0.380 e. The zero-order valence-corrected chi connectivity index (χ0v) is 10.2. The molecule has 0 bridgehead atoms. The lowest BCUT2D eigenvalue weighted by atomic mass is 10.2. The lowest BCUT2D eigenvalue weighted by Crippen LogP contribution is -2.00. The fourth-order valence-corrected chi connectivity index (χ4v) is 2.26. The highest BCUT2D eigenvalue weighted by Crippen LogP contribution is 2.18. The molecule has 0 aliphatic rings. The lowest BCUT2D eigenvalue weighted by molar-refractivity contribution is 0.612. The topological polar surface area (TPSA) is 12.0 Å². The highest BCUT2D eigenvalue weighted by molar-refractivity contribution is 9.10. The summed E-state index contributed by atoms with van der Waals surface area (Å²) in [5.74, 6) is -0.180. The van der Waals surface area contributed by atoms with Gasteiger partial charge in [-0.25, -0.2) is 4.39 Å². The molecule has 1 aromatic heterocycles. The second kappa shape index (κ2) is 4.77. The number of halogens is 2. The molecule has 2 rings (SSSR count). The fourth-order valence-electron chi connectivity index (χ4n) is 1.24. The average molecular weight is 286 g/mol. The number of hydrogen-bond donors (Lipinski definition) is 1. The van der Waals surface area contributed by atoms with Gasteiger partial charge in [-0.1, -0.05) is 15.9 Å². The summed E-state index contributed by atoms with van der Waals surface area (Å²) in [5.41, 5.74) is 1.69. The van der Waals surface area contributed by atoms with Crippen LogP contribution in [0.15, 0.2) is 39.5 Å². The average Bonchev–Trinajstić information content (AvgIpc) is 2.72. The van der Waals surface area contributed by atoms with Crippen molar-refractivity contribution in [1.29, 1.82) is 0 Å². The highest BCUT2D eigenvalue weighted by atomic mass is 79.9. The van der Waals surface area contributed by atoms with Crippen LogP contribution in [-0.2, 0) is 6.54 Å². The Hall–Kier alpha value is -0.870. The summed E-state index contributed by atoms with van der Waals surface area (Å²) in [6, 6.07) is 6.92. The van der Waals surface area contributed by atoms with Crippen molar-refractivity contribution in [3.8, 4) is 0 Å². The maximum Gasteiger partial charge on any atom is 0.128 e. The molecule has 0 fully saturated rings. The Balaban J connectivity index is 2.07. The molecule has 1 nitrogen and oxygen atoms in total. The van der Waals surface area contributed by atoms with Crippen LogP contribution < -0.4 is 5.32 Å². The van der Waals surface area contributed by atoms with Crippen LogP contribution in [0.4, 0.5) is 10.1 Å². The van der Waals surface area contributed by atoms with Gasteiger partial charge in [0.2, 0.25) is 0 Å². The summed E-state index contributed by atoms with van der Waals surface area (Å²) in [5, 5.41) is 7.14. The van der Waals surface area contributed by atoms with Crippen LogP contribution in [0.25, 0.3) is 0 Å². The van der Waals surface area contributed by atoms with Crippen molar-refractivity contribution in [3.63, 3.8) is 0 Å². The number of benzene rings is 1. The van der Waals surface area contributed by atoms with Crippen molar-refractivity contribution in [1.82, 2.24) is 0 Å². The van der Waals surface area contributed by atoms with Crippen LogP contribution in [0.2, 0.25) is 0 Å². The zero-order valence-electron chi connectivity index (χ0n) is 7.84. The molecule has 0 saturated heterocycles. The van der Waals surface area contributed by atoms with Gasteiger partial charge in [-0.15, -0.1) is 0 Å². The Kier molecular flexibility index (Phi) is 3.38. The molecule has 1 heterocycles. The standard InChI is InChI=1S/C11H9BrFNS/c12-9-1-2-11(13)8(5-9)6-14-10-3-4-15-7-10/h1-5,7,14H,6H2. The molecule has 1 aromatic carbocycles. The van der Waals surface area contributed by atoms with Gasteiger partial charge in [-0.3, -0.25) is 0 Å². The van der Waals surface area contributed by atoms with Gasteiger partial charge in [-0.05, 0) is 29.6 Å². The maximum atomic E-state index is 13.3. The van der Waals surface area contributed by atoms with Crippen LogP contribution in [-0.4, -0.2) is 0 Å². The van der Waals surface area contributed by atoms with E-state index in [1.165, 1.54) is 6.07 Å². The van der Waals surface area contributed by atoms with Gasteiger partial charge in [0.1, 0.15) is 5.82 Å². The van der Waals surface area contributed by atoms with E-state index in [0.717, 1.165) is 10.2 Å². The van der Waals surface area contributed by atoms with Gasteiger partial charge < -0.3 is 5.32 Å². The number of hydrogen-bond acceptors (Lipinski definition) is 2. The van der Waals surface area contributed by atoms with Gasteiger partial charge in [0, 0.05) is 27.6 Å². The van der Waals surface area contributed by atoms with Crippen molar-refractivity contribution in [3.05, 3.63) is 50.9 Å². The van der Waals surface area contributed by atoms with Gasteiger partial charge in [0.15, 0.2) is 0 Å². The van der Waals surface area contributed by atoms with E-state index in [-0.39, 0.29) is 5.82 Å². The predicted octanol–water partition coefficient (Wildman–Crippen LogP) is 4.26. The van der Waals surface area contributed by atoms with Crippen LogP contribution in [0.1, 0.15) is 5.56 Å². The third-order valence-corrected chi connectivity index (χ3v) is 3.19. The molecule has 0 spiro atoms. The van der Waals surface area contributed by atoms with E-state index in [0.29, 0.717) is 12.1 Å². The minimum Gasteiger partial charge on any atom is -0.380 e. The van der Waals surface area contributed by atoms with Crippen molar-refractivity contribution in [2.45, 2.75) is 6.54 Å². The zero-order chi connectivity index (χ0) is 10.7. The minimum atomic E-state index is -0.180. The quantitative estimate of drug-likeness (QED) is 0.888. The molecular weight excluding hydrogens is 277 g/mol. The molecule has 0 atom stereocenters. The van der Waals surface area contributed by atoms with E-state index in [2.05, 4.69) is 21.2 Å². The first-order chi connectivity index (χ1) is 7.25. The first kappa shape index (κ1) is 10.6. The third kappa shape index (κ3) is 2.79. The van der Waals surface area contributed by atoms with E-state index in [1.54, 1.807) is 23.5 Å². The smallest absolute Gasteiger partial charge is 0.128 e. The molecule has 4 heteroatoms. The number of thiophene rings is 1. The molecule has 0 radical (unpaired) electrons. The second-order valence-corrected chi connectivity index (χ2v) is 4.80. The lowest BCUT2D eigenvalue weighted by Gasteiger charge is -2.05. The van der Waals surface area contributed by atoms with Crippen LogP contribution in [0.3, 0.4) is 0 Å². The molecule has 0 saturated carbocycles. The first-order valence-corrected chi connectivity index (χ1v) is 6.19. The highest BCUT2D eigenvalue weighted by Gasteiger charge is 2.02. The Morgan fingerprint density at radius 3 is 2.93 bits per heavy atom. The van der Waals surface area contributed by atoms with Crippen molar-refractivity contribution >= 4 is 33.0 Å². The van der Waals surface area contributed by atoms with Crippen molar-refractivity contribution < 1.29 is 4.39 Å². The first-order valence-electron chi connectivity index (χ1n) is 4.46. The molecule has 0 amide bonds. The molecule has 0 aliphatic carbocycles. The molecule has 0 unspecified atom stereocenters. The van der Waals surface area contributed by atoms with E-state index >= 15 is 0 Å². The predicted molar refractivity (Wildman–Crippen MR) is 65.7 cm³/mol. The number of nitrogens with one attached hydrogen (secondary N) is 1. The van der Waals surface area contributed by atoms with Crippen LogP contribution in [0, 0.1) is 5.82 Å². The molecule has 78 valence electrons. The summed E-state index contributed by atoms with van der Waals surface area (Å²) in [7, 11) is 0. The number of anilines is 1. The molecular formula is C11H9BrFNS. The Labute approximate surface area is 100 Å². The molecule has 15 heavy (non-hydrogen) atoms. The maximum absolute atomic E-state index is 13.3. The number of rotatable bonds is 3. The fraction of sp³-hybridized carbons (Fsp3) is 0.0909. The third-order valence-electron chi connectivity index (χ3n) is 2.01. The van der Waals surface area contributed by atoms with Crippen molar-refractivity contribution in [2.75, 3.05) is 5.32 Å². The molecule has 1 N–H and O–H groups in total. The van der Waals surface area contributed by atoms with Crippen LogP contribution in [0.5, 0.6) is 0 Å². The van der Waals surface area contributed by atoms with E-state index in [4.69, 9.17) is 0 Å². The molecule has 2 aromatic rings. The van der Waals surface area contributed by atoms with Gasteiger partial charge >= 0.3 is 0 Å². The van der Waals surface area contributed by atoms with E-state index in [1.807, 2.05) is 16.8 Å².